The van der Waals surface area contributed by atoms with E-state index in [1.165, 1.54) is 12.1 Å². The first-order valence-corrected chi connectivity index (χ1v) is 8.18. The fourth-order valence-electron chi connectivity index (χ4n) is 2.84. The van der Waals surface area contributed by atoms with Crippen molar-refractivity contribution in [1.82, 2.24) is 0 Å². The van der Waals surface area contributed by atoms with Gasteiger partial charge in [-0.05, 0) is 49.7 Å². The van der Waals surface area contributed by atoms with Crippen molar-refractivity contribution in [2.45, 2.75) is 26.3 Å². The quantitative estimate of drug-likeness (QED) is 0.598. The van der Waals surface area contributed by atoms with Gasteiger partial charge in [-0.1, -0.05) is 11.6 Å². The van der Waals surface area contributed by atoms with E-state index in [1.807, 2.05) is 13.8 Å². The molecule has 0 spiro atoms. The normalized spacial score (nSPS) is 14.2. The largest absolute Gasteiger partial charge is 0.307 e. The first kappa shape index (κ1) is 17.1. The molecule has 2 aromatic carbocycles. The maximum absolute atomic E-state index is 12.8. The van der Waals surface area contributed by atoms with Crippen molar-refractivity contribution in [3.8, 4) is 0 Å². The average molecular weight is 358 g/mol. The van der Waals surface area contributed by atoms with Crippen LogP contribution in [0.1, 0.15) is 25.8 Å². The Morgan fingerprint density at radius 3 is 2.48 bits per heavy atom. The van der Waals surface area contributed by atoms with E-state index in [2.05, 4.69) is 4.99 Å². The molecule has 0 radical (unpaired) electrons. The monoisotopic (exact) mass is 357 g/mol. The summed E-state index contributed by atoms with van der Waals surface area (Å²) in [5.74, 6) is -0.0897. The molecule has 0 fully saturated rings. The highest BCUT2D eigenvalue weighted by Crippen LogP contribution is 2.36. The lowest BCUT2D eigenvalue weighted by Crippen LogP contribution is -2.37. The SMILES string of the molecule is CC(C)N1C(=O)CC(c2ccc([N+](=O)[O-])cc2)=Nc2ccc(Cl)cc21. The molecule has 7 heteroatoms. The molecule has 1 heterocycles. The molecule has 0 aromatic heterocycles. The summed E-state index contributed by atoms with van der Waals surface area (Å²) in [6.07, 6.45) is 0.113. The Hall–Kier alpha value is -2.73. The smallest absolute Gasteiger partial charge is 0.269 e. The molecule has 25 heavy (non-hydrogen) atoms. The average Bonchev–Trinajstić information content (AvgIpc) is 2.70. The Labute approximate surface area is 149 Å². The van der Waals surface area contributed by atoms with Gasteiger partial charge in [0.25, 0.3) is 5.69 Å². The van der Waals surface area contributed by atoms with Gasteiger partial charge in [-0.25, -0.2) is 0 Å². The van der Waals surface area contributed by atoms with Gasteiger partial charge in [0.2, 0.25) is 5.91 Å². The Morgan fingerprint density at radius 1 is 1.20 bits per heavy atom. The highest BCUT2D eigenvalue weighted by molar-refractivity contribution is 6.31. The molecule has 0 saturated heterocycles. The third-order valence-electron chi connectivity index (χ3n) is 3.97. The number of benzene rings is 2. The van der Waals surface area contributed by atoms with Crippen molar-refractivity contribution < 1.29 is 9.72 Å². The summed E-state index contributed by atoms with van der Waals surface area (Å²) in [7, 11) is 0. The number of carbonyl (C=O) groups excluding carboxylic acids is 1. The van der Waals surface area contributed by atoms with Crippen molar-refractivity contribution in [3.05, 3.63) is 63.2 Å². The topological polar surface area (TPSA) is 75.8 Å². The molecule has 0 aliphatic carbocycles. The Morgan fingerprint density at radius 2 is 1.88 bits per heavy atom. The maximum Gasteiger partial charge on any atom is 0.269 e. The number of hydrogen-bond acceptors (Lipinski definition) is 4. The summed E-state index contributed by atoms with van der Waals surface area (Å²) in [6.45, 7) is 3.86. The zero-order valence-corrected chi connectivity index (χ0v) is 14.5. The molecule has 0 unspecified atom stereocenters. The molecule has 6 nitrogen and oxygen atoms in total. The number of non-ortho nitro benzene ring substituents is 1. The number of nitro groups is 1. The molecule has 128 valence electrons. The highest BCUT2D eigenvalue weighted by atomic mass is 35.5. The van der Waals surface area contributed by atoms with E-state index in [-0.39, 0.29) is 24.1 Å². The van der Waals surface area contributed by atoms with Crippen molar-refractivity contribution in [3.63, 3.8) is 0 Å². The van der Waals surface area contributed by atoms with Crippen LogP contribution in [0.25, 0.3) is 0 Å². The van der Waals surface area contributed by atoms with Crippen LogP contribution in [0.2, 0.25) is 5.02 Å². The molecule has 1 amide bonds. The number of fused-ring (bicyclic) bond motifs is 1. The summed E-state index contributed by atoms with van der Waals surface area (Å²) in [4.78, 5) is 29.5. The van der Waals surface area contributed by atoms with Gasteiger partial charge in [-0.2, -0.15) is 0 Å². The number of nitrogens with zero attached hydrogens (tertiary/aromatic N) is 3. The van der Waals surface area contributed by atoms with Gasteiger partial charge >= 0.3 is 0 Å². The van der Waals surface area contributed by atoms with Crippen LogP contribution in [0, 0.1) is 10.1 Å². The van der Waals surface area contributed by atoms with Crippen molar-refractivity contribution in [1.29, 1.82) is 0 Å². The van der Waals surface area contributed by atoms with Crippen LogP contribution < -0.4 is 4.90 Å². The maximum atomic E-state index is 12.8. The molecule has 2 aromatic rings. The zero-order valence-electron chi connectivity index (χ0n) is 13.8. The number of nitro benzene ring substituents is 1. The molecule has 0 saturated carbocycles. The number of anilines is 1. The summed E-state index contributed by atoms with van der Waals surface area (Å²) in [5.41, 5.74) is 2.58. The van der Waals surface area contributed by atoms with E-state index < -0.39 is 4.92 Å². The van der Waals surface area contributed by atoms with Gasteiger partial charge in [-0.3, -0.25) is 19.9 Å². The van der Waals surface area contributed by atoms with Crippen LogP contribution in [-0.4, -0.2) is 22.6 Å². The molecule has 0 bridgehead atoms. The Kier molecular flexibility index (Phi) is 4.55. The molecular weight excluding hydrogens is 342 g/mol. The molecule has 1 aliphatic rings. The van der Waals surface area contributed by atoms with E-state index in [4.69, 9.17) is 11.6 Å². The lowest BCUT2D eigenvalue weighted by Gasteiger charge is -2.26. The first-order chi connectivity index (χ1) is 11.9. The second kappa shape index (κ2) is 6.64. The summed E-state index contributed by atoms with van der Waals surface area (Å²) >= 11 is 6.10. The van der Waals surface area contributed by atoms with Gasteiger partial charge in [0.15, 0.2) is 0 Å². The fourth-order valence-corrected chi connectivity index (χ4v) is 3.01. The molecule has 3 rings (SSSR count). The number of carbonyl (C=O) groups is 1. The Bertz CT molecular complexity index is 876. The predicted molar refractivity (Wildman–Crippen MR) is 98.0 cm³/mol. The summed E-state index contributed by atoms with van der Waals surface area (Å²) < 4.78 is 0. The van der Waals surface area contributed by atoms with Gasteiger partial charge in [0.05, 0.1) is 28.4 Å². The zero-order chi connectivity index (χ0) is 18.1. The van der Waals surface area contributed by atoms with Crippen LogP contribution >= 0.6 is 11.6 Å². The number of rotatable bonds is 3. The van der Waals surface area contributed by atoms with Crippen molar-refractivity contribution >= 4 is 40.3 Å². The van der Waals surface area contributed by atoms with Gasteiger partial charge in [0, 0.05) is 23.2 Å². The number of halogens is 1. The van der Waals surface area contributed by atoms with E-state index in [0.717, 1.165) is 0 Å². The Balaban J connectivity index is 2.09. The summed E-state index contributed by atoms with van der Waals surface area (Å²) in [5, 5.41) is 11.3. The minimum atomic E-state index is -0.457. The number of hydrogen-bond donors (Lipinski definition) is 0. The standard InChI is InChI=1S/C18H16ClN3O3/c1-11(2)21-17-9-13(19)5-8-15(17)20-16(10-18(21)23)12-3-6-14(7-4-12)22(24)25/h3-9,11H,10H2,1-2H3. The van der Waals surface area contributed by atoms with E-state index in [1.54, 1.807) is 35.2 Å². The predicted octanol–water partition coefficient (Wildman–Crippen LogP) is 4.51. The summed E-state index contributed by atoms with van der Waals surface area (Å²) in [6, 6.07) is 11.2. The number of amides is 1. The van der Waals surface area contributed by atoms with Gasteiger partial charge in [0.1, 0.15) is 0 Å². The van der Waals surface area contributed by atoms with E-state index in [9.17, 15) is 14.9 Å². The lowest BCUT2D eigenvalue weighted by atomic mass is 10.1. The fraction of sp³-hybridized carbons (Fsp3) is 0.222. The van der Waals surface area contributed by atoms with E-state index >= 15 is 0 Å². The highest BCUT2D eigenvalue weighted by Gasteiger charge is 2.27. The van der Waals surface area contributed by atoms with Crippen LogP contribution in [0.15, 0.2) is 47.5 Å². The number of aliphatic imine (C=N–C) groups is 1. The minimum absolute atomic E-state index is 0.000266. The van der Waals surface area contributed by atoms with E-state index in [0.29, 0.717) is 27.7 Å². The van der Waals surface area contributed by atoms with Crippen molar-refractivity contribution in [2.75, 3.05) is 4.90 Å². The lowest BCUT2D eigenvalue weighted by molar-refractivity contribution is -0.384. The van der Waals surface area contributed by atoms with Crippen LogP contribution in [-0.2, 0) is 4.79 Å². The third kappa shape index (κ3) is 3.39. The van der Waals surface area contributed by atoms with Crippen LogP contribution in [0.4, 0.5) is 17.1 Å². The molecule has 0 atom stereocenters. The molecule has 1 aliphatic heterocycles. The first-order valence-electron chi connectivity index (χ1n) is 7.81. The van der Waals surface area contributed by atoms with Crippen LogP contribution in [0.3, 0.4) is 0 Å². The molecular formula is C18H16ClN3O3. The third-order valence-corrected chi connectivity index (χ3v) is 4.20. The molecule has 0 N–H and O–H groups in total. The second-order valence-corrected chi connectivity index (χ2v) is 6.47. The second-order valence-electron chi connectivity index (χ2n) is 6.03. The van der Waals surface area contributed by atoms with Gasteiger partial charge in [-0.15, -0.1) is 0 Å². The van der Waals surface area contributed by atoms with Crippen molar-refractivity contribution in [2.24, 2.45) is 4.99 Å². The minimum Gasteiger partial charge on any atom is -0.307 e. The van der Waals surface area contributed by atoms with Gasteiger partial charge < -0.3 is 4.90 Å². The van der Waals surface area contributed by atoms with Crippen LogP contribution in [0.5, 0.6) is 0 Å².